The number of aromatic amines is 1. The zero-order chi connectivity index (χ0) is 35.8. The lowest BCUT2D eigenvalue weighted by molar-refractivity contribution is 1.07. The normalized spacial score (nSPS) is 11.8. The van der Waals surface area contributed by atoms with Crippen molar-refractivity contribution in [3.63, 3.8) is 0 Å². The number of H-pyrrole nitrogens is 1. The molecule has 0 radical (unpaired) electrons. The topological polar surface area (TPSA) is 51.4 Å². The van der Waals surface area contributed by atoms with Crippen LogP contribution in [0.4, 0.5) is 0 Å². The van der Waals surface area contributed by atoms with Crippen LogP contribution in [-0.4, -0.2) is 24.1 Å². The summed E-state index contributed by atoms with van der Waals surface area (Å²) >= 11 is 0. The second-order valence-corrected chi connectivity index (χ2v) is 14.0. The summed E-state index contributed by atoms with van der Waals surface area (Å²) in [6.07, 6.45) is 1.90. The fourth-order valence-electron chi connectivity index (χ4n) is 8.30. The van der Waals surface area contributed by atoms with Crippen molar-refractivity contribution < 1.29 is 0 Å². The number of rotatable bonds is 5. The molecular formula is C49H33N5. The first-order valence-electron chi connectivity index (χ1n) is 18.3. The zero-order valence-electron chi connectivity index (χ0n) is 29.5. The van der Waals surface area contributed by atoms with Gasteiger partial charge in [-0.1, -0.05) is 109 Å². The standard InChI is InChI=1S/C49H33N5/c1-31-26-27-50-46(28-31)54-43-25-23-33(32-12-4-2-5-13-32)29-41(43)38-24-22-34(30-45(38)54)36-17-11-21-44-48(36)52-49(53(44)35-14-6-3-7-15-35)40-19-10-18-39-37-16-8-9-20-42(37)51-47(39)40/h2-30,51H,1H3. The summed E-state index contributed by atoms with van der Waals surface area (Å²) in [5.74, 6) is 1.80. The molecule has 11 rings (SSSR count). The molecule has 0 fully saturated rings. The molecule has 0 spiro atoms. The van der Waals surface area contributed by atoms with E-state index in [1.54, 1.807) is 0 Å². The van der Waals surface area contributed by atoms with Crippen LogP contribution in [0.5, 0.6) is 0 Å². The third kappa shape index (κ3) is 4.65. The third-order valence-corrected chi connectivity index (χ3v) is 10.8. The summed E-state index contributed by atoms with van der Waals surface area (Å²) < 4.78 is 4.61. The molecule has 0 atom stereocenters. The van der Waals surface area contributed by atoms with Gasteiger partial charge in [0.15, 0.2) is 0 Å². The quantitative estimate of drug-likeness (QED) is 0.195. The Labute approximate surface area is 311 Å². The molecule has 0 saturated carbocycles. The number of hydrogen-bond acceptors (Lipinski definition) is 2. The first kappa shape index (κ1) is 30.4. The Bertz CT molecular complexity index is 3220. The summed E-state index contributed by atoms with van der Waals surface area (Å²) in [5.41, 5.74) is 14.3. The molecule has 4 aromatic heterocycles. The summed E-state index contributed by atoms with van der Waals surface area (Å²) in [4.78, 5) is 14.1. The van der Waals surface area contributed by atoms with Gasteiger partial charge in [-0.2, -0.15) is 0 Å². The van der Waals surface area contributed by atoms with E-state index in [9.17, 15) is 0 Å². The Kier molecular flexibility index (Phi) is 6.70. The molecule has 5 heteroatoms. The molecule has 54 heavy (non-hydrogen) atoms. The Hall–Kier alpha value is -7.24. The number of aryl methyl sites for hydroxylation is 1. The summed E-state index contributed by atoms with van der Waals surface area (Å²) in [5, 5.41) is 4.78. The highest BCUT2D eigenvalue weighted by Crippen LogP contribution is 2.41. The van der Waals surface area contributed by atoms with Crippen molar-refractivity contribution in [2.45, 2.75) is 6.92 Å². The number of fused-ring (bicyclic) bond motifs is 7. The van der Waals surface area contributed by atoms with Crippen LogP contribution in [-0.2, 0) is 0 Å². The van der Waals surface area contributed by atoms with Crippen molar-refractivity contribution in [3.8, 4) is 45.1 Å². The van der Waals surface area contributed by atoms with Crippen LogP contribution in [0.3, 0.4) is 0 Å². The van der Waals surface area contributed by atoms with Crippen molar-refractivity contribution in [2.75, 3.05) is 0 Å². The number of nitrogens with zero attached hydrogens (tertiary/aromatic N) is 4. The average molecular weight is 692 g/mol. The average Bonchev–Trinajstić information content (AvgIpc) is 3.91. The number of hydrogen-bond donors (Lipinski definition) is 1. The van der Waals surface area contributed by atoms with Gasteiger partial charge in [0, 0.05) is 50.1 Å². The fraction of sp³-hybridized carbons (Fsp3) is 0.0204. The van der Waals surface area contributed by atoms with Gasteiger partial charge in [0.25, 0.3) is 0 Å². The Balaban J connectivity index is 1.17. The molecule has 0 bridgehead atoms. The van der Waals surface area contributed by atoms with Crippen LogP contribution in [0, 0.1) is 6.92 Å². The van der Waals surface area contributed by atoms with E-state index >= 15 is 0 Å². The predicted octanol–water partition coefficient (Wildman–Crippen LogP) is 12.5. The molecule has 0 aliphatic carbocycles. The molecule has 5 nitrogen and oxygen atoms in total. The minimum Gasteiger partial charge on any atom is -0.354 e. The van der Waals surface area contributed by atoms with Crippen molar-refractivity contribution in [1.82, 2.24) is 24.1 Å². The molecule has 11 aromatic rings. The SMILES string of the molecule is Cc1ccnc(-n2c3ccc(-c4ccccc4)cc3c3ccc(-c4cccc5c4nc(-c4cccc6c4[nH]c4ccccc46)n5-c4ccccc4)cc32)c1. The number of para-hydroxylation sites is 4. The minimum absolute atomic E-state index is 0.897. The highest BCUT2D eigenvalue weighted by molar-refractivity contribution is 6.13. The summed E-state index contributed by atoms with van der Waals surface area (Å²) in [6.45, 7) is 2.12. The van der Waals surface area contributed by atoms with E-state index < -0.39 is 0 Å². The lowest BCUT2D eigenvalue weighted by Gasteiger charge is -2.11. The van der Waals surface area contributed by atoms with E-state index in [2.05, 4.69) is 185 Å². The Morgan fingerprint density at radius 2 is 1.24 bits per heavy atom. The lowest BCUT2D eigenvalue weighted by atomic mass is 10.0. The predicted molar refractivity (Wildman–Crippen MR) is 224 cm³/mol. The summed E-state index contributed by atoms with van der Waals surface area (Å²) in [6, 6.07) is 60.5. The number of aromatic nitrogens is 5. The molecule has 0 saturated heterocycles. The van der Waals surface area contributed by atoms with Gasteiger partial charge in [0.05, 0.1) is 27.6 Å². The Morgan fingerprint density at radius 1 is 0.481 bits per heavy atom. The second-order valence-electron chi connectivity index (χ2n) is 14.0. The fourth-order valence-corrected chi connectivity index (χ4v) is 8.30. The van der Waals surface area contributed by atoms with Gasteiger partial charge in [0.1, 0.15) is 11.6 Å². The second kappa shape index (κ2) is 11.9. The molecule has 1 N–H and O–H groups in total. The Morgan fingerprint density at radius 3 is 2.11 bits per heavy atom. The van der Waals surface area contributed by atoms with Gasteiger partial charge < -0.3 is 4.98 Å². The van der Waals surface area contributed by atoms with E-state index in [0.29, 0.717) is 0 Å². The number of nitrogens with one attached hydrogen (secondary N) is 1. The zero-order valence-corrected chi connectivity index (χ0v) is 29.5. The number of benzene rings is 7. The molecule has 0 aliphatic heterocycles. The van der Waals surface area contributed by atoms with Gasteiger partial charge in [-0.3, -0.25) is 9.13 Å². The molecule has 254 valence electrons. The lowest BCUT2D eigenvalue weighted by Crippen LogP contribution is -1.98. The van der Waals surface area contributed by atoms with Crippen LogP contribution in [0.2, 0.25) is 0 Å². The maximum Gasteiger partial charge on any atom is 0.147 e. The van der Waals surface area contributed by atoms with E-state index in [1.165, 1.54) is 38.2 Å². The molecule has 0 amide bonds. The molecule has 4 heterocycles. The van der Waals surface area contributed by atoms with E-state index in [1.807, 2.05) is 12.3 Å². The van der Waals surface area contributed by atoms with E-state index in [-0.39, 0.29) is 0 Å². The first-order valence-corrected chi connectivity index (χ1v) is 18.3. The van der Waals surface area contributed by atoms with Gasteiger partial charge >= 0.3 is 0 Å². The minimum atomic E-state index is 0.897. The van der Waals surface area contributed by atoms with Crippen LogP contribution in [0.25, 0.3) is 99.8 Å². The number of imidazole rings is 1. The molecule has 7 aromatic carbocycles. The van der Waals surface area contributed by atoms with Crippen molar-refractivity contribution in [1.29, 1.82) is 0 Å². The van der Waals surface area contributed by atoms with Crippen LogP contribution >= 0.6 is 0 Å². The summed E-state index contributed by atoms with van der Waals surface area (Å²) in [7, 11) is 0. The maximum atomic E-state index is 5.54. The van der Waals surface area contributed by atoms with Crippen LogP contribution in [0.1, 0.15) is 5.56 Å². The third-order valence-electron chi connectivity index (χ3n) is 10.8. The van der Waals surface area contributed by atoms with Gasteiger partial charge in [-0.15, -0.1) is 0 Å². The smallest absolute Gasteiger partial charge is 0.147 e. The van der Waals surface area contributed by atoms with Crippen molar-refractivity contribution in [2.24, 2.45) is 0 Å². The van der Waals surface area contributed by atoms with Crippen LogP contribution in [0.15, 0.2) is 176 Å². The molecular weight excluding hydrogens is 659 g/mol. The van der Waals surface area contributed by atoms with Gasteiger partial charge in [-0.05, 0) is 89.8 Å². The largest absolute Gasteiger partial charge is 0.354 e. The van der Waals surface area contributed by atoms with E-state index in [0.717, 1.165) is 67.1 Å². The maximum absolute atomic E-state index is 5.54. The highest BCUT2D eigenvalue weighted by atomic mass is 15.1. The monoisotopic (exact) mass is 691 g/mol. The highest BCUT2D eigenvalue weighted by Gasteiger charge is 2.22. The first-order chi connectivity index (χ1) is 26.7. The van der Waals surface area contributed by atoms with Gasteiger partial charge in [-0.25, -0.2) is 9.97 Å². The van der Waals surface area contributed by atoms with Gasteiger partial charge in [0.2, 0.25) is 0 Å². The van der Waals surface area contributed by atoms with Crippen molar-refractivity contribution >= 4 is 54.6 Å². The number of pyridine rings is 1. The van der Waals surface area contributed by atoms with Crippen molar-refractivity contribution in [3.05, 3.63) is 182 Å². The van der Waals surface area contributed by atoms with E-state index in [4.69, 9.17) is 9.97 Å². The molecule has 0 aliphatic rings. The van der Waals surface area contributed by atoms with Crippen LogP contribution < -0.4 is 0 Å². The molecule has 0 unspecified atom stereocenters.